The van der Waals surface area contributed by atoms with E-state index in [0.717, 1.165) is 25.9 Å². The Balaban J connectivity index is 1.20. The van der Waals surface area contributed by atoms with Crippen LogP contribution in [0, 0.1) is 11.8 Å². The van der Waals surface area contributed by atoms with Gasteiger partial charge in [0, 0.05) is 36.9 Å². The molecule has 144 valence electrons. The van der Waals surface area contributed by atoms with Crippen LogP contribution in [0.4, 0.5) is 0 Å². The normalized spacial score (nSPS) is 35.2. The number of fused-ring (bicyclic) bond motifs is 1. The fraction of sp³-hybridized carbons (Fsp3) is 0.652. The Morgan fingerprint density at radius 3 is 2.44 bits per heavy atom. The van der Waals surface area contributed by atoms with Crippen LogP contribution in [0.15, 0.2) is 24.3 Å². The van der Waals surface area contributed by atoms with Gasteiger partial charge in [-0.25, -0.2) is 0 Å². The first-order valence-corrected chi connectivity index (χ1v) is 10.6. The Bertz CT molecular complexity index is 776. The van der Waals surface area contributed by atoms with Gasteiger partial charge in [-0.2, -0.15) is 0 Å². The summed E-state index contributed by atoms with van der Waals surface area (Å²) in [5, 5.41) is 3.01. The number of nitrogens with zero attached hydrogens (tertiary/aromatic N) is 1. The van der Waals surface area contributed by atoms with E-state index in [1.807, 2.05) is 6.92 Å². The molecule has 4 heteroatoms. The van der Waals surface area contributed by atoms with Gasteiger partial charge in [0.05, 0.1) is 0 Å². The second-order valence-corrected chi connectivity index (χ2v) is 9.70. The molecular weight excluding hydrogens is 336 g/mol. The molecule has 2 unspecified atom stereocenters. The third-order valence-corrected chi connectivity index (χ3v) is 7.79. The predicted octanol–water partition coefficient (Wildman–Crippen LogP) is 3.14. The Kier molecular flexibility index (Phi) is 3.73. The monoisotopic (exact) mass is 366 g/mol. The van der Waals surface area contributed by atoms with Gasteiger partial charge in [-0.05, 0) is 54.6 Å². The summed E-state index contributed by atoms with van der Waals surface area (Å²) in [7, 11) is 0. The maximum Gasteiger partial charge on any atom is 0.225 e. The van der Waals surface area contributed by atoms with Crippen LogP contribution >= 0.6 is 0 Å². The second-order valence-electron chi connectivity index (χ2n) is 9.70. The van der Waals surface area contributed by atoms with Crippen LogP contribution < -0.4 is 5.32 Å². The SMILES string of the molecule is CCC(=O)NC1CC(C(=O)N2CC3CC3(c3ccc(C4(C)CC4)cc3)C2)C1. The number of piperidine rings is 1. The van der Waals surface area contributed by atoms with Gasteiger partial charge in [-0.3, -0.25) is 9.59 Å². The maximum absolute atomic E-state index is 12.9. The van der Waals surface area contributed by atoms with E-state index in [4.69, 9.17) is 0 Å². The Hall–Kier alpha value is -1.84. The van der Waals surface area contributed by atoms with E-state index in [1.165, 1.54) is 30.4 Å². The fourth-order valence-electron chi connectivity index (χ4n) is 5.30. The lowest BCUT2D eigenvalue weighted by atomic mass is 9.79. The van der Waals surface area contributed by atoms with E-state index in [9.17, 15) is 9.59 Å². The quantitative estimate of drug-likeness (QED) is 0.870. The summed E-state index contributed by atoms with van der Waals surface area (Å²) < 4.78 is 0. The predicted molar refractivity (Wildman–Crippen MR) is 104 cm³/mol. The number of hydrogen-bond donors (Lipinski definition) is 1. The van der Waals surface area contributed by atoms with Crippen molar-refractivity contribution in [1.29, 1.82) is 0 Å². The highest BCUT2D eigenvalue weighted by Gasteiger charge is 2.62. The lowest BCUT2D eigenvalue weighted by Gasteiger charge is -2.37. The van der Waals surface area contributed by atoms with Gasteiger partial charge in [0.1, 0.15) is 0 Å². The molecule has 4 nitrogen and oxygen atoms in total. The van der Waals surface area contributed by atoms with Crippen LogP contribution in [0.3, 0.4) is 0 Å². The lowest BCUT2D eigenvalue weighted by Crippen LogP contribution is -2.50. The van der Waals surface area contributed by atoms with Crippen molar-refractivity contribution >= 4 is 11.8 Å². The average molecular weight is 367 g/mol. The van der Waals surface area contributed by atoms with Crippen molar-refractivity contribution in [2.24, 2.45) is 11.8 Å². The summed E-state index contributed by atoms with van der Waals surface area (Å²) in [6.45, 7) is 6.02. The lowest BCUT2D eigenvalue weighted by molar-refractivity contribution is -0.139. The molecule has 0 spiro atoms. The van der Waals surface area contributed by atoms with E-state index in [0.29, 0.717) is 23.7 Å². The molecule has 1 aliphatic heterocycles. The second kappa shape index (κ2) is 5.83. The number of likely N-dealkylation sites (tertiary alicyclic amines) is 1. The first kappa shape index (κ1) is 17.3. The highest BCUT2D eigenvalue weighted by molar-refractivity contribution is 5.82. The van der Waals surface area contributed by atoms with Gasteiger partial charge in [0.2, 0.25) is 11.8 Å². The minimum absolute atomic E-state index is 0.0933. The smallest absolute Gasteiger partial charge is 0.225 e. The van der Waals surface area contributed by atoms with Gasteiger partial charge in [-0.1, -0.05) is 38.1 Å². The van der Waals surface area contributed by atoms with Crippen molar-refractivity contribution in [1.82, 2.24) is 10.2 Å². The first-order chi connectivity index (χ1) is 12.9. The van der Waals surface area contributed by atoms with Crippen molar-refractivity contribution in [3.05, 3.63) is 35.4 Å². The fourth-order valence-corrected chi connectivity index (χ4v) is 5.30. The topological polar surface area (TPSA) is 49.4 Å². The van der Waals surface area contributed by atoms with Crippen molar-refractivity contribution in [3.8, 4) is 0 Å². The molecule has 3 saturated carbocycles. The van der Waals surface area contributed by atoms with Gasteiger partial charge >= 0.3 is 0 Å². The van der Waals surface area contributed by atoms with Gasteiger partial charge in [0.25, 0.3) is 0 Å². The number of nitrogens with one attached hydrogen (secondary N) is 1. The Morgan fingerprint density at radius 1 is 1.15 bits per heavy atom. The summed E-state index contributed by atoms with van der Waals surface area (Å²) >= 11 is 0. The first-order valence-electron chi connectivity index (χ1n) is 10.6. The van der Waals surface area contributed by atoms with Crippen LogP contribution in [0.25, 0.3) is 0 Å². The molecule has 1 saturated heterocycles. The minimum atomic E-state index is 0.0933. The van der Waals surface area contributed by atoms with Crippen LogP contribution in [-0.4, -0.2) is 35.8 Å². The molecule has 0 radical (unpaired) electrons. The largest absolute Gasteiger partial charge is 0.353 e. The summed E-state index contributed by atoms with van der Waals surface area (Å²) in [4.78, 5) is 26.5. The average Bonchev–Trinajstić information content (AvgIpc) is 3.54. The van der Waals surface area contributed by atoms with E-state index in [-0.39, 0.29) is 23.3 Å². The third-order valence-electron chi connectivity index (χ3n) is 7.79. The van der Waals surface area contributed by atoms with Crippen molar-refractivity contribution < 1.29 is 9.59 Å². The zero-order valence-corrected chi connectivity index (χ0v) is 16.5. The molecule has 2 amide bonds. The minimum Gasteiger partial charge on any atom is -0.353 e. The van der Waals surface area contributed by atoms with Gasteiger partial charge in [0.15, 0.2) is 0 Å². The molecule has 1 N–H and O–H groups in total. The van der Waals surface area contributed by atoms with Crippen molar-refractivity contribution in [3.63, 3.8) is 0 Å². The Labute approximate surface area is 161 Å². The molecule has 4 fully saturated rings. The van der Waals surface area contributed by atoms with Crippen LogP contribution in [0.2, 0.25) is 0 Å². The number of carbonyl (C=O) groups excluding carboxylic acids is 2. The standard InChI is InChI=1S/C23H30N2O2/c1-3-20(26)24-19-10-15(11-19)21(27)25-13-18-12-23(18,14-25)17-6-4-16(5-7-17)22(2)8-9-22/h4-7,15,18-19H,3,8-14H2,1-2H3,(H,24,26). The highest BCUT2D eigenvalue weighted by atomic mass is 16.2. The summed E-state index contributed by atoms with van der Waals surface area (Å²) in [5.74, 6) is 1.15. The van der Waals surface area contributed by atoms with Gasteiger partial charge in [-0.15, -0.1) is 0 Å². The molecule has 1 aromatic rings. The summed E-state index contributed by atoms with van der Waals surface area (Å²) in [6, 6.07) is 9.50. The molecule has 2 atom stereocenters. The molecule has 1 aromatic carbocycles. The molecule has 0 bridgehead atoms. The molecule has 27 heavy (non-hydrogen) atoms. The molecule has 0 aromatic heterocycles. The molecule has 4 aliphatic rings. The van der Waals surface area contributed by atoms with E-state index in [1.54, 1.807) is 0 Å². The highest BCUT2D eigenvalue weighted by Crippen LogP contribution is 2.59. The van der Waals surface area contributed by atoms with Crippen LogP contribution in [-0.2, 0) is 20.4 Å². The van der Waals surface area contributed by atoms with Crippen molar-refractivity contribution in [2.75, 3.05) is 13.1 Å². The summed E-state index contributed by atoms with van der Waals surface area (Å²) in [5.41, 5.74) is 3.54. The van der Waals surface area contributed by atoms with Crippen LogP contribution in [0.1, 0.15) is 63.5 Å². The molecule has 3 aliphatic carbocycles. The summed E-state index contributed by atoms with van der Waals surface area (Å²) in [6.07, 6.45) is 5.99. The van der Waals surface area contributed by atoms with E-state index >= 15 is 0 Å². The van der Waals surface area contributed by atoms with E-state index < -0.39 is 0 Å². The third kappa shape index (κ3) is 2.79. The zero-order chi connectivity index (χ0) is 18.8. The molecule has 5 rings (SSSR count). The van der Waals surface area contributed by atoms with Crippen molar-refractivity contribution in [2.45, 2.75) is 69.2 Å². The van der Waals surface area contributed by atoms with Gasteiger partial charge < -0.3 is 10.2 Å². The number of hydrogen-bond acceptors (Lipinski definition) is 2. The van der Waals surface area contributed by atoms with E-state index in [2.05, 4.69) is 41.4 Å². The Morgan fingerprint density at radius 2 is 1.81 bits per heavy atom. The number of rotatable bonds is 5. The number of carbonyl (C=O) groups is 2. The number of amides is 2. The zero-order valence-electron chi connectivity index (χ0n) is 16.5. The molecular formula is C23H30N2O2. The maximum atomic E-state index is 12.9. The molecule has 1 heterocycles. The number of benzene rings is 1. The van der Waals surface area contributed by atoms with Crippen LogP contribution in [0.5, 0.6) is 0 Å².